The van der Waals surface area contributed by atoms with Crippen molar-refractivity contribution in [3.63, 3.8) is 0 Å². The number of hydrogen-bond acceptors (Lipinski definition) is 6. The normalized spacial score (nSPS) is 19.8. The molecule has 0 aliphatic carbocycles. The van der Waals surface area contributed by atoms with E-state index < -0.39 is 41.5 Å². The number of β-amino-alcohol motifs (C(OH)–C–C–N with tert-alkyl or cyclic N) is 1. The second kappa shape index (κ2) is 14.9. The van der Waals surface area contributed by atoms with Crippen molar-refractivity contribution in [2.75, 3.05) is 13.1 Å². The third kappa shape index (κ3) is 7.65. The zero-order valence-electron chi connectivity index (χ0n) is 26.6. The molecular formula is C38H37ClN2O7. The van der Waals surface area contributed by atoms with Gasteiger partial charge in [-0.2, -0.15) is 0 Å². The Morgan fingerprint density at radius 2 is 1.25 bits per heavy atom. The molecule has 3 N–H and O–H groups in total. The summed E-state index contributed by atoms with van der Waals surface area (Å²) < 4.78 is 0. The molecule has 1 amide bonds. The Balaban J connectivity index is 0.000000188. The van der Waals surface area contributed by atoms with E-state index in [0.717, 1.165) is 38.3 Å². The highest BCUT2D eigenvalue weighted by atomic mass is 35.5. The Morgan fingerprint density at radius 1 is 0.750 bits per heavy atom. The highest BCUT2D eigenvalue weighted by Gasteiger charge is 2.40. The molecule has 4 aromatic rings. The summed E-state index contributed by atoms with van der Waals surface area (Å²) in [5.41, 5.74) is 7.28. The lowest BCUT2D eigenvalue weighted by Gasteiger charge is -2.26. The first-order valence-corrected chi connectivity index (χ1v) is 16.1. The fraction of sp³-hybridized carbons (Fsp3) is 0.263. The van der Waals surface area contributed by atoms with Crippen molar-refractivity contribution in [2.45, 2.75) is 50.4 Å². The maximum absolute atomic E-state index is 12.5. The van der Waals surface area contributed by atoms with Crippen LogP contribution in [0.2, 0.25) is 0 Å². The van der Waals surface area contributed by atoms with Crippen molar-refractivity contribution in [3.8, 4) is 22.3 Å². The monoisotopic (exact) mass is 668 g/mol. The first-order valence-electron chi connectivity index (χ1n) is 15.6. The minimum absolute atomic E-state index is 0.123. The Bertz CT molecular complexity index is 1810. The van der Waals surface area contributed by atoms with Crippen molar-refractivity contribution < 1.29 is 34.5 Å². The number of aliphatic carboxylic acids is 2. The van der Waals surface area contributed by atoms with Gasteiger partial charge >= 0.3 is 11.9 Å². The lowest BCUT2D eigenvalue weighted by atomic mass is 9.99. The number of carbonyl (C=O) groups is 4. The predicted octanol–water partition coefficient (Wildman–Crippen LogP) is 5.95. The molecule has 2 aliphatic rings. The first kappa shape index (κ1) is 34.5. The molecular weight excluding hydrogens is 632 g/mol. The molecule has 2 fully saturated rings. The van der Waals surface area contributed by atoms with Gasteiger partial charge in [-0.15, -0.1) is 11.6 Å². The van der Waals surface area contributed by atoms with E-state index in [2.05, 4.69) is 19.1 Å². The van der Waals surface area contributed by atoms with E-state index in [4.69, 9.17) is 11.6 Å². The zero-order chi connectivity index (χ0) is 34.5. The fourth-order valence-corrected chi connectivity index (χ4v) is 6.58. The van der Waals surface area contributed by atoms with Gasteiger partial charge in [-0.25, -0.2) is 4.79 Å². The van der Waals surface area contributed by atoms with Crippen LogP contribution in [0.5, 0.6) is 0 Å². The van der Waals surface area contributed by atoms with Crippen LogP contribution in [0.1, 0.15) is 45.4 Å². The van der Waals surface area contributed by atoms with E-state index in [-0.39, 0.29) is 31.7 Å². The van der Waals surface area contributed by atoms with Gasteiger partial charge in [0.15, 0.2) is 5.78 Å². The van der Waals surface area contributed by atoms with Gasteiger partial charge in [0, 0.05) is 24.9 Å². The van der Waals surface area contributed by atoms with Crippen molar-refractivity contribution in [1.82, 2.24) is 9.80 Å². The number of carboxylic acids is 2. The molecule has 10 heteroatoms. The Morgan fingerprint density at radius 3 is 1.75 bits per heavy atom. The average molecular weight is 669 g/mol. The van der Waals surface area contributed by atoms with Gasteiger partial charge in [0.05, 0.1) is 12.6 Å². The maximum atomic E-state index is 12.5. The number of carbonyl (C=O) groups excluding carboxylic acids is 2. The Labute approximate surface area is 284 Å². The van der Waals surface area contributed by atoms with Crippen LogP contribution >= 0.6 is 11.6 Å². The number of alkyl halides is 1. The van der Waals surface area contributed by atoms with Crippen LogP contribution in [0.4, 0.5) is 0 Å². The van der Waals surface area contributed by atoms with Crippen molar-refractivity contribution in [3.05, 3.63) is 119 Å². The molecule has 248 valence electrons. The highest BCUT2D eigenvalue weighted by Crippen LogP contribution is 2.34. The molecule has 4 atom stereocenters. The van der Waals surface area contributed by atoms with Gasteiger partial charge in [0.2, 0.25) is 0 Å². The van der Waals surface area contributed by atoms with E-state index >= 15 is 0 Å². The third-order valence-corrected chi connectivity index (χ3v) is 9.32. The number of halogens is 1. The van der Waals surface area contributed by atoms with Gasteiger partial charge in [-0.05, 0) is 64.9 Å². The average Bonchev–Trinajstić information content (AvgIpc) is 3.68. The molecule has 2 heterocycles. The number of aryl methyl sites for hydroxylation is 2. The van der Waals surface area contributed by atoms with Crippen LogP contribution in [0.3, 0.4) is 0 Å². The van der Waals surface area contributed by atoms with E-state index in [1.54, 1.807) is 17.0 Å². The summed E-state index contributed by atoms with van der Waals surface area (Å²) in [5, 5.41) is 28.3. The Kier molecular flexibility index (Phi) is 10.7. The number of carboxylic acid groups (broad SMARTS) is 2. The second-order valence-corrected chi connectivity index (χ2v) is 12.5. The number of aliphatic hydroxyl groups excluding tert-OH is 1. The lowest BCUT2D eigenvalue weighted by Crippen LogP contribution is -2.40. The number of benzene rings is 4. The molecule has 0 aromatic heterocycles. The summed E-state index contributed by atoms with van der Waals surface area (Å²) in [7, 11) is 0. The van der Waals surface area contributed by atoms with Crippen molar-refractivity contribution in [2.24, 2.45) is 0 Å². The van der Waals surface area contributed by atoms with Crippen LogP contribution in [0, 0.1) is 13.8 Å². The largest absolute Gasteiger partial charge is 0.480 e. The van der Waals surface area contributed by atoms with Gasteiger partial charge in [-0.1, -0.05) is 84.9 Å². The molecule has 0 spiro atoms. The number of nitrogens with zero attached hydrogens (tertiary/aromatic N) is 2. The molecule has 2 aliphatic heterocycles. The number of hydrogen-bond donors (Lipinski definition) is 3. The second-order valence-electron chi connectivity index (χ2n) is 12.1. The lowest BCUT2D eigenvalue weighted by molar-refractivity contribution is -0.143. The molecule has 2 saturated heterocycles. The van der Waals surface area contributed by atoms with Crippen LogP contribution in [-0.4, -0.2) is 80.0 Å². The van der Waals surface area contributed by atoms with Gasteiger partial charge < -0.3 is 20.2 Å². The maximum Gasteiger partial charge on any atom is 0.326 e. The number of rotatable bonds is 7. The SMILES string of the molecule is Cc1ccccc1-c1ccc(C(=O)N2CC(=O)C[C@H]2C(=O)O)cc1.Cc1ccccc1-c1ccc(C(Cl)N2C[C@H](O)C[C@H]2C(=O)O)cc1. The van der Waals surface area contributed by atoms with Crippen molar-refractivity contribution >= 4 is 35.2 Å². The minimum atomic E-state index is -1.15. The zero-order valence-corrected chi connectivity index (χ0v) is 27.4. The van der Waals surface area contributed by atoms with Gasteiger partial charge in [0.25, 0.3) is 5.91 Å². The number of amides is 1. The summed E-state index contributed by atoms with van der Waals surface area (Å²) in [4.78, 5) is 49.4. The van der Waals surface area contributed by atoms with E-state index in [0.29, 0.717) is 5.56 Å². The van der Waals surface area contributed by atoms with E-state index in [1.807, 2.05) is 79.7 Å². The molecule has 48 heavy (non-hydrogen) atoms. The topological polar surface area (TPSA) is 135 Å². The fourth-order valence-electron chi connectivity index (χ4n) is 6.22. The van der Waals surface area contributed by atoms with E-state index in [9.17, 15) is 34.5 Å². The standard InChI is InChI=1S/C19H20ClNO3.C19H17NO4/c1-12-4-2-3-5-16(12)13-6-8-14(9-7-13)18(20)21-11-15(22)10-17(21)19(23)24;1-12-4-2-3-5-16(12)13-6-8-14(9-7-13)18(22)20-11-15(21)10-17(20)19(23)24/h2-9,15,17-18,22H,10-11H2,1H3,(H,23,24);2-9,17H,10-11H2,1H3,(H,23,24)/t15-,17+,18?;17-/m10/s1. The molecule has 9 nitrogen and oxygen atoms in total. The molecule has 0 saturated carbocycles. The number of likely N-dealkylation sites (tertiary alicyclic amines) is 2. The molecule has 0 radical (unpaired) electrons. The quantitative estimate of drug-likeness (QED) is 0.162. The van der Waals surface area contributed by atoms with Crippen molar-refractivity contribution in [1.29, 1.82) is 0 Å². The smallest absolute Gasteiger partial charge is 0.326 e. The third-order valence-electron chi connectivity index (χ3n) is 8.81. The summed E-state index contributed by atoms with van der Waals surface area (Å²) in [6.07, 6.45) is -0.569. The van der Waals surface area contributed by atoms with Crippen LogP contribution in [0.25, 0.3) is 22.3 Å². The van der Waals surface area contributed by atoms with Gasteiger partial charge in [0.1, 0.15) is 17.6 Å². The summed E-state index contributed by atoms with van der Waals surface area (Å²) >= 11 is 6.50. The number of aliphatic hydroxyl groups is 1. The molecule has 1 unspecified atom stereocenters. The minimum Gasteiger partial charge on any atom is -0.480 e. The van der Waals surface area contributed by atoms with Crippen LogP contribution < -0.4 is 0 Å². The predicted molar refractivity (Wildman–Crippen MR) is 183 cm³/mol. The molecule has 6 rings (SSSR count). The van der Waals surface area contributed by atoms with Crippen LogP contribution in [0.15, 0.2) is 97.1 Å². The summed E-state index contributed by atoms with van der Waals surface area (Å²) in [6.45, 7) is 4.21. The summed E-state index contributed by atoms with van der Waals surface area (Å²) in [5.74, 6) is -2.75. The van der Waals surface area contributed by atoms with E-state index in [1.165, 1.54) is 5.56 Å². The van der Waals surface area contributed by atoms with Crippen LogP contribution in [-0.2, 0) is 14.4 Å². The van der Waals surface area contributed by atoms with Gasteiger partial charge in [-0.3, -0.25) is 19.3 Å². The molecule has 4 aromatic carbocycles. The first-order chi connectivity index (χ1) is 22.9. The molecule has 0 bridgehead atoms. The summed E-state index contributed by atoms with van der Waals surface area (Å²) in [6, 6.07) is 29.1. The number of Topliss-reactive ketones (excluding diaryl/α,β-unsaturated/α-hetero) is 1. The number of ketones is 1. The highest BCUT2D eigenvalue weighted by molar-refractivity contribution is 6.20. The Hall–Kier alpha value is -4.83.